The Morgan fingerprint density at radius 2 is 1.95 bits per heavy atom. The molecule has 0 spiro atoms. The van der Waals surface area contributed by atoms with Gasteiger partial charge in [-0.05, 0) is 30.5 Å². The lowest BCUT2D eigenvalue weighted by molar-refractivity contribution is 0.0961. The number of aryl methyl sites for hydroxylation is 1. The SMILES string of the molecule is O=C1COc2cc(OCCCc3ccccc3)ccc21. The van der Waals surface area contributed by atoms with E-state index in [4.69, 9.17) is 9.47 Å². The standard InChI is InChI=1S/C17H16O3/c18-16-12-20-17-11-14(8-9-15(16)17)19-10-4-7-13-5-2-1-3-6-13/h1-3,5-6,8-9,11H,4,7,10,12H2. The van der Waals surface area contributed by atoms with Crippen molar-refractivity contribution < 1.29 is 14.3 Å². The summed E-state index contributed by atoms with van der Waals surface area (Å²) in [5.41, 5.74) is 1.97. The number of fused-ring (bicyclic) bond motifs is 1. The quantitative estimate of drug-likeness (QED) is 0.781. The number of rotatable bonds is 5. The number of hydrogen-bond acceptors (Lipinski definition) is 3. The molecule has 2 aromatic carbocycles. The zero-order valence-corrected chi connectivity index (χ0v) is 11.2. The third kappa shape index (κ3) is 2.82. The highest BCUT2D eigenvalue weighted by Crippen LogP contribution is 2.29. The van der Waals surface area contributed by atoms with Gasteiger partial charge in [0.25, 0.3) is 0 Å². The fraction of sp³-hybridized carbons (Fsp3) is 0.235. The lowest BCUT2D eigenvalue weighted by Gasteiger charge is -2.07. The minimum atomic E-state index is 0.0376. The molecule has 3 rings (SSSR count). The summed E-state index contributed by atoms with van der Waals surface area (Å²) in [6.45, 7) is 0.800. The van der Waals surface area contributed by atoms with Gasteiger partial charge in [-0.2, -0.15) is 0 Å². The maximum absolute atomic E-state index is 11.4. The number of carbonyl (C=O) groups is 1. The molecule has 0 unspecified atom stereocenters. The van der Waals surface area contributed by atoms with E-state index in [9.17, 15) is 4.79 Å². The second kappa shape index (κ2) is 5.78. The van der Waals surface area contributed by atoms with Gasteiger partial charge in [0.2, 0.25) is 5.78 Å². The van der Waals surface area contributed by atoms with Crippen molar-refractivity contribution in [3.63, 3.8) is 0 Å². The van der Waals surface area contributed by atoms with Crippen LogP contribution in [0.1, 0.15) is 22.3 Å². The summed E-state index contributed by atoms with van der Waals surface area (Å²) in [6.07, 6.45) is 1.96. The molecule has 2 aromatic rings. The predicted molar refractivity (Wildman–Crippen MR) is 76.5 cm³/mol. The molecule has 0 fully saturated rings. The van der Waals surface area contributed by atoms with Crippen molar-refractivity contribution >= 4 is 5.78 Å². The second-order valence-corrected chi connectivity index (χ2v) is 4.81. The van der Waals surface area contributed by atoms with Crippen LogP contribution in [-0.2, 0) is 6.42 Å². The maximum Gasteiger partial charge on any atom is 0.203 e. The van der Waals surface area contributed by atoms with E-state index in [1.54, 1.807) is 12.1 Å². The summed E-state index contributed by atoms with van der Waals surface area (Å²) in [5, 5.41) is 0. The largest absolute Gasteiger partial charge is 0.493 e. The monoisotopic (exact) mass is 268 g/mol. The Hall–Kier alpha value is -2.29. The van der Waals surface area contributed by atoms with Crippen molar-refractivity contribution in [2.24, 2.45) is 0 Å². The van der Waals surface area contributed by atoms with E-state index < -0.39 is 0 Å². The van der Waals surface area contributed by atoms with E-state index in [2.05, 4.69) is 12.1 Å². The minimum absolute atomic E-state index is 0.0376. The molecule has 0 N–H and O–H groups in total. The number of ether oxygens (including phenoxy) is 2. The first-order valence-electron chi connectivity index (χ1n) is 6.80. The molecular formula is C17H16O3. The lowest BCUT2D eigenvalue weighted by atomic mass is 10.1. The van der Waals surface area contributed by atoms with Gasteiger partial charge >= 0.3 is 0 Å². The summed E-state index contributed by atoms with van der Waals surface area (Å²) in [6, 6.07) is 15.7. The van der Waals surface area contributed by atoms with Gasteiger partial charge in [0.1, 0.15) is 11.5 Å². The van der Waals surface area contributed by atoms with Gasteiger partial charge in [-0.25, -0.2) is 0 Å². The van der Waals surface area contributed by atoms with Crippen LogP contribution < -0.4 is 9.47 Å². The Kier molecular flexibility index (Phi) is 3.68. The molecule has 0 bridgehead atoms. The van der Waals surface area contributed by atoms with Crippen LogP contribution in [-0.4, -0.2) is 19.0 Å². The van der Waals surface area contributed by atoms with Crippen LogP contribution in [0, 0.1) is 0 Å². The average molecular weight is 268 g/mol. The summed E-state index contributed by atoms with van der Waals surface area (Å²) in [4.78, 5) is 11.4. The van der Waals surface area contributed by atoms with E-state index in [0.29, 0.717) is 17.9 Å². The molecule has 0 saturated heterocycles. The molecule has 3 heteroatoms. The summed E-state index contributed by atoms with van der Waals surface area (Å²) < 4.78 is 11.0. The summed E-state index contributed by atoms with van der Waals surface area (Å²) in [5.74, 6) is 1.43. The third-order valence-corrected chi connectivity index (χ3v) is 3.33. The van der Waals surface area contributed by atoms with Crippen molar-refractivity contribution in [3.8, 4) is 11.5 Å². The van der Waals surface area contributed by atoms with Gasteiger partial charge in [-0.1, -0.05) is 30.3 Å². The number of benzene rings is 2. The Balaban J connectivity index is 1.51. The molecule has 1 heterocycles. The summed E-state index contributed by atoms with van der Waals surface area (Å²) in [7, 11) is 0. The van der Waals surface area contributed by atoms with E-state index in [1.165, 1.54) is 5.56 Å². The molecular weight excluding hydrogens is 252 g/mol. The van der Waals surface area contributed by atoms with Gasteiger partial charge in [0.05, 0.1) is 12.2 Å². The van der Waals surface area contributed by atoms with Crippen LogP contribution in [0.4, 0.5) is 0 Å². The lowest BCUT2D eigenvalue weighted by Crippen LogP contribution is -1.99. The smallest absolute Gasteiger partial charge is 0.203 e. The molecule has 0 saturated carbocycles. The molecule has 0 radical (unpaired) electrons. The molecule has 1 aliphatic rings. The highest BCUT2D eigenvalue weighted by molar-refractivity contribution is 6.02. The fourth-order valence-electron chi connectivity index (χ4n) is 2.27. The zero-order chi connectivity index (χ0) is 13.8. The highest BCUT2D eigenvalue weighted by atomic mass is 16.5. The zero-order valence-electron chi connectivity index (χ0n) is 11.2. The van der Waals surface area contributed by atoms with Crippen LogP contribution in [0.3, 0.4) is 0 Å². The van der Waals surface area contributed by atoms with Crippen LogP contribution in [0.2, 0.25) is 0 Å². The molecule has 102 valence electrons. The Morgan fingerprint density at radius 3 is 2.80 bits per heavy atom. The number of ketones is 1. The van der Waals surface area contributed by atoms with E-state index in [0.717, 1.165) is 18.6 Å². The fourth-order valence-corrected chi connectivity index (χ4v) is 2.27. The van der Waals surface area contributed by atoms with Gasteiger partial charge in [-0.15, -0.1) is 0 Å². The molecule has 20 heavy (non-hydrogen) atoms. The molecule has 0 amide bonds. The second-order valence-electron chi connectivity index (χ2n) is 4.81. The van der Waals surface area contributed by atoms with E-state index >= 15 is 0 Å². The summed E-state index contributed by atoms with van der Waals surface area (Å²) >= 11 is 0. The predicted octanol–water partition coefficient (Wildman–Crippen LogP) is 3.27. The normalized spacial score (nSPS) is 12.9. The van der Waals surface area contributed by atoms with Crippen molar-refractivity contribution in [1.82, 2.24) is 0 Å². The third-order valence-electron chi connectivity index (χ3n) is 3.33. The van der Waals surface area contributed by atoms with Gasteiger partial charge in [0.15, 0.2) is 6.61 Å². The maximum atomic E-state index is 11.4. The Labute approximate surface area is 118 Å². The van der Waals surface area contributed by atoms with Crippen LogP contribution in [0.5, 0.6) is 11.5 Å². The number of Topliss-reactive ketones (excluding diaryl/α,β-unsaturated/α-hetero) is 1. The first-order chi connectivity index (χ1) is 9.83. The van der Waals surface area contributed by atoms with Crippen LogP contribution >= 0.6 is 0 Å². The van der Waals surface area contributed by atoms with Gasteiger partial charge < -0.3 is 9.47 Å². The van der Waals surface area contributed by atoms with E-state index in [-0.39, 0.29) is 12.4 Å². The topological polar surface area (TPSA) is 35.5 Å². The van der Waals surface area contributed by atoms with E-state index in [1.807, 2.05) is 24.3 Å². The Morgan fingerprint density at radius 1 is 1.10 bits per heavy atom. The molecule has 0 aromatic heterocycles. The highest BCUT2D eigenvalue weighted by Gasteiger charge is 2.21. The minimum Gasteiger partial charge on any atom is -0.493 e. The van der Waals surface area contributed by atoms with Gasteiger partial charge in [-0.3, -0.25) is 4.79 Å². The van der Waals surface area contributed by atoms with Crippen molar-refractivity contribution in [1.29, 1.82) is 0 Å². The molecule has 0 aliphatic carbocycles. The molecule has 3 nitrogen and oxygen atoms in total. The van der Waals surface area contributed by atoms with Gasteiger partial charge in [0, 0.05) is 6.07 Å². The molecule has 1 aliphatic heterocycles. The number of hydrogen-bond donors (Lipinski definition) is 0. The average Bonchev–Trinajstić information content (AvgIpc) is 2.86. The van der Waals surface area contributed by atoms with Crippen molar-refractivity contribution in [3.05, 3.63) is 59.7 Å². The first kappa shape index (κ1) is 12.7. The first-order valence-corrected chi connectivity index (χ1v) is 6.80. The molecule has 0 atom stereocenters. The Bertz CT molecular complexity index is 605. The van der Waals surface area contributed by atoms with Crippen LogP contribution in [0.25, 0.3) is 0 Å². The number of carbonyl (C=O) groups excluding carboxylic acids is 1. The van der Waals surface area contributed by atoms with Crippen LogP contribution in [0.15, 0.2) is 48.5 Å². The van der Waals surface area contributed by atoms with Crippen molar-refractivity contribution in [2.45, 2.75) is 12.8 Å². The van der Waals surface area contributed by atoms with Crippen molar-refractivity contribution in [2.75, 3.05) is 13.2 Å².